The molecular formula is C26H32N4O. The maximum atomic E-state index is 13.0. The lowest BCUT2D eigenvalue weighted by molar-refractivity contribution is 0.0908. The fraction of sp³-hybridized carbons (Fsp3) is 0.385. The molecule has 5 nitrogen and oxygen atoms in total. The fourth-order valence-corrected chi connectivity index (χ4v) is 4.43. The van der Waals surface area contributed by atoms with Crippen LogP contribution in [0, 0.1) is 6.92 Å². The third-order valence-electron chi connectivity index (χ3n) is 6.11. The van der Waals surface area contributed by atoms with Gasteiger partial charge < -0.3 is 5.32 Å². The number of carbonyl (C=O) groups excluding carboxylic acids is 1. The summed E-state index contributed by atoms with van der Waals surface area (Å²) >= 11 is 0. The number of hydrogen-bond donors (Lipinski definition) is 1. The van der Waals surface area contributed by atoms with Gasteiger partial charge in [0.05, 0.1) is 24.0 Å². The van der Waals surface area contributed by atoms with Crippen molar-refractivity contribution in [2.75, 3.05) is 13.1 Å². The highest BCUT2D eigenvalue weighted by atomic mass is 16.1. The predicted molar refractivity (Wildman–Crippen MR) is 124 cm³/mol. The Morgan fingerprint density at radius 2 is 1.77 bits per heavy atom. The van der Waals surface area contributed by atoms with Crippen LogP contribution in [-0.2, 0) is 19.5 Å². The summed E-state index contributed by atoms with van der Waals surface area (Å²) in [5.74, 6) is 0.00768. The van der Waals surface area contributed by atoms with Crippen LogP contribution in [0.4, 0.5) is 0 Å². The number of aromatic nitrogens is 2. The van der Waals surface area contributed by atoms with E-state index in [0.717, 1.165) is 44.6 Å². The monoisotopic (exact) mass is 416 g/mol. The Balaban J connectivity index is 1.33. The van der Waals surface area contributed by atoms with Gasteiger partial charge in [-0.05, 0) is 37.3 Å². The van der Waals surface area contributed by atoms with Gasteiger partial charge in [-0.2, -0.15) is 5.10 Å². The summed E-state index contributed by atoms with van der Waals surface area (Å²) in [4.78, 5) is 15.5. The van der Waals surface area contributed by atoms with Crippen molar-refractivity contribution in [3.05, 3.63) is 88.7 Å². The van der Waals surface area contributed by atoms with E-state index in [1.807, 2.05) is 22.9 Å². The van der Waals surface area contributed by atoms with Gasteiger partial charge in [-0.15, -0.1) is 0 Å². The van der Waals surface area contributed by atoms with Crippen LogP contribution < -0.4 is 5.32 Å². The van der Waals surface area contributed by atoms with Crippen molar-refractivity contribution in [1.82, 2.24) is 20.0 Å². The van der Waals surface area contributed by atoms with Crippen molar-refractivity contribution in [2.45, 2.75) is 52.2 Å². The van der Waals surface area contributed by atoms with Gasteiger partial charge in [0.2, 0.25) is 0 Å². The zero-order valence-corrected chi connectivity index (χ0v) is 18.6. The first-order valence-corrected chi connectivity index (χ1v) is 11.3. The summed E-state index contributed by atoms with van der Waals surface area (Å²) in [6.07, 6.45) is 4.48. The molecule has 162 valence electrons. The van der Waals surface area contributed by atoms with Crippen LogP contribution in [0.1, 0.15) is 52.5 Å². The largest absolute Gasteiger partial charge is 0.349 e. The van der Waals surface area contributed by atoms with Crippen LogP contribution in [0.2, 0.25) is 0 Å². The summed E-state index contributed by atoms with van der Waals surface area (Å²) in [5.41, 5.74) is 5.56. The number of benzene rings is 2. The molecule has 4 rings (SSSR count). The van der Waals surface area contributed by atoms with Crippen molar-refractivity contribution in [3.8, 4) is 0 Å². The molecule has 1 amide bonds. The van der Waals surface area contributed by atoms with Crippen LogP contribution in [0.25, 0.3) is 0 Å². The normalized spacial score (nSPS) is 15.2. The molecule has 0 atom stereocenters. The number of carbonyl (C=O) groups is 1. The Hall–Kier alpha value is -2.92. The van der Waals surface area contributed by atoms with Crippen molar-refractivity contribution >= 4 is 5.91 Å². The Morgan fingerprint density at radius 3 is 2.48 bits per heavy atom. The Bertz CT molecular complexity index is 1000. The molecular weight excluding hydrogens is 384 g/mol. The van der Waals surface area contributed by atoms with Crippen LogP contribution >= 0.6 is 0 Å². The molecule has 0 radical (unpaired) electrons. The van der Waals surface area contributed by atoms with Gasteiger partial charge in [0.15, 0.2) is 0 Å². The molecule has 0 saturated carbocycles. The molecule has 2 aromatic carbocycles. The van der Waals surface area contributed by atoms with Gasteiger partial charge in [0.25, 0.3) is 5.91 Å². The third-order valence-corrected chi connectivity index (χ3v) is 6.11. The van der Waals surface area contributed by atoms with Crippen LogP contribution in [0.5, 0.6) is 0 Å². The standard InChI is InChI=1S/C26H32N4O/c1-3-25-24(17-27-30(25)19-21-9-5-4-6-10-21)26(31)28-23-12-14-29(15-13-23)18-22-11-7-8-20(2)16-22/h4-11,16-17,23H,3,12-15,18-19H2,1-2H3,(H,28,31). The first kappa shape index (κ1) is 21.3. The quantitative estimate of drug-likeness (QED) is 0.628. The van der Waals surface area contributed by atoms with E-state index in [2.05, 4.69) is 65.6 Å². The number of piperidine rings is 1. The number of rotatable bonds is 7. The summed E-state index contributed by atoms with van der Waals surface area (Å²) in [6, 6.07) is 19.2. The minimum Gasteiger partial charge on any atom is -0.349 e. The molecule has 0 unspecified atom stereocenters. The molecule has 2 heterocycles. The van der Waals surface area contributed by atoms with E-state index in [9.17, 15) is 4.79 Å². The lowest BCUT2D eigenvalue weighted by atomic mass is 10.0. The summed E-state index contributed by atoms with van der Waals surface area (Å²) in [6.45, 7) is 7.90. The van der Waals surface area contributed by atoms with E-state index >= 15 is 0 Å². The van der Waals surface area contributed by atoms with Gasteiger partial charge in [-0.1, -0.05) is 67.1 Å². The maximum absolute atomic E-state index is 13.0. The van der Waals surface area contributed by atoms with E-state index in [0.29, 0.717) is 12.1 Å². The number of nitrogens with zero attached hydrogens (tertiary/aromatic N) is 3. The molecule has 1 aliphatic heterocycles. The minimum atomic E-state index is 0.00768. The van der Waals surface area contributed by atoms with E-state index in [-0.39, 0.29) is 11.9 Å². The first-order chi connectivity index (χ1) is 15.1. The molecule has 1 aromatic heterocycles. The average molecular weight is 417 g/mol. The Labute approximate surface area is 185 Å². The zero-order chi connectivity index (χ0) is 21.6. The summed E-state index contributed by atoms with van der Waals surface area (Å²) in [5, 5.41) is 7.77. The van der Waals surface area contributed by atoms with Crippen LogP contribution in [0.3, 0.4) is 0 Å². The fourth-order valence-electron chi connectivity index (χ4n) is 4.43. The zero-order valence-electron chi connectivity index (χ0n) is 18.6. The number of amides is 1. The second kappa shape index (κ2) is 9.92. The van der Waals surface area contributed by atoms with Gasteiger partial charge in [0, 0.05) is 25.7 Å². The molecule has 31 heavy (non-hydrogen) atoms. The highest BCUT2D eigenvalue weighted by Crippen LogP contribution is 2.17. The summed E-state index contributed by atoms with van der Waals surface area (Å²) < 4.78 is 1.95. The SMILES string of the molecule is CCc1c(C(=O)NC2CCN(Cc3cccc(C)c3)CC2)cnn1Cc1ccccc1. The molecule has 1 fully saturated rings. The average Bonchev–Trinajstić information content (AvgIpc) is 3.18. The van der Waals surface area contributed by atoms with Crippen LogP contribution in [-0.4, -0.2) is 39.7 Å². The van der Waals surface area contributed by atoms with Crippen molar-refractivity contribution in [2.24, 2.45) is 0 Å². The van der Waals surface area contributed by atoms with Gasteiger partial charge in [-0.3, -0.25) is 14.4 Å². The lowest BCUT2D eigenvalue weighted by Crippen LogP contribution is -2.44. The minimum absolute atomic E-state index is 0.00768. The Morgan fingerprint density at radius 1 is 1.03 bits per heavy atom. The lowest BCUT2D eigenvalue weighted by Gasteiger charge is -2.32. The van der Waals surface area contributed by atoms with Crippen LogP contribution in [0.15, 0.2) is 60.8 Å². The van der Waals surface area contributed by atoms with E-state index in [4.69, 9.17) is 0 Å². The topological polar surface area (TPSA) is 50.2 Å². The summed E-state index contributed by atoms with van der Waals surface area (Å²) in [7, 11) is 0. The van der Waals surface area contributed by atoms with Crippen molar-refractivity contribution in [3.63, 3.8) is 0 Å². The molecule has 1 aliphatic rings. The molecule has 1 N–H and O–H groups in total. The maximum Gasteiger partial charge on any atom is 0.254 e. The third kappa shape index (κ3) is 5.42. The van der Waals surface area contributed by atoms with Gasteiger partial charge in [0.1, 0.15) is 0 Å². The molecule has 1 saturated heterocycles. The van der Waals surface area contributed by atoms with E-state index in [1.165, 1.54) is 16.7 Å². The molecule has 0 spiro atoms. The molecule has 0 bridgehead atoms. The number of hydrogen-bond acceptors (Lipinski definition) is 3. The molecule has 0 aliphatic carbocycles. The van der Waals surface area contributed by atoms with Crippen molar-refractivity contribution < 1.29 is 4.79 Å². The number of nitrogens with one attached hydrogen (secondary N) is 1. The molecule has 5 heteroatoms. The van der Waals surface area contributed by atoms with Gasteiger partial charge in [-0.25, -0.2) is 0 Å². The predicted octanol–water partition coefficient (Wildman–Crippen LogP) is 4.20. The van der Waals surface area contributed by atoms with Crippen molar-refractivity contribution in [1.29, 1.82) is 0 Å². The highest BCUT2D eigenvalue weighted by molar-refractivity contribution is 5.95. The highest BCUT2D eigenvalue weighted by Gasteiger charge is 2.23. The van der Waals surface area contributed by atoms with E-state index < -0.39 is 0 Å². The van der Waals surface area contributed by atoms with E-state index in [1.54, 1.807) is 6.20 Å². The number of aryl methyl sites for hydroxylation is 1. The first-order valence-electron chi connectivity index (χ1n) is 11.3. The second-order valence-corrected chi connectivity index (χ2v) is 8.51. The van der Waals surface area contributed by atoms with Gasteiger partial charge >= 0.3 is 0 Å². The number of likely N-dealkylation sites (tertiary alicyclic amines) is 1. The smallest absolute Gasteiger partial charge is 0.254 e. The Kier molecular flexibility index (Phi) is 6.82. The molecule has 3 aromatic rings. The second-order valence-electron chi connectivity index (χ2n) is 8.51.